The molecule has 2 fully saturated rings. The molecule has 2 saturated carbocycles. The van der Waals surface area contributed by atoms with Crippen LogP contribution in [0.4, 0.5) is 0 Å². The molecule has 3 aliphatic rings. The number of phenols is 1. The van der Waals surface area contributed by atoms with Crippen LogP contribution in [-0.4, -0.2) is 35.5 Å². The van der Waals surface area contributed by atoms with Gasteiger partial charge in [0.2, 0.25) is 5.91 Å². The Morgan fingerprint density at radius 2 is 1.67 bits per heavy atom. The van der Waals surface area contributed by atoms with E-state index in [2.05, 4.69) is 20.8 Å². The fourth-order valence-corrected chi connectivity index (χ4v) is 9.54. The molecule has 0 aromatic heterocycles. The monoisotopic (exact) mass is 629 g/mol. The van der Waals surface area contributed by atoms with Crippen LogP contribution in [0.3, 0.4) is 0 Å². The van der Waals surface area contributed by atoms with Crippen molar-refractivity contribution in [2.75, 3.05) is 13.6 Å². The zero-order chi connectivity index (χ0) is 32.7. The Morgan fingerprint density at radius 3 is 2.41 bits per heavy atom. The molecular weight excluding hydrogens is 570 g/mol. The zero-order valence-corrected chi connectivity index (χ0v) is 29.1. The first-order chi connectivity index (χ1) is 22.3. The second-order valence-corrected chi connectivity index (χ2v) is 15.1. The topological polar surface area (TPSA) is 66.8 Å². The molecule has 3 aliphatic carbocycles. The van der Waals surface area contributed by atoms with E-state index in [0.29, 0.717) is 34.6 Å². The number of hydrogen-bond acceptors (Lipinski definition) is 4. The highest BCUT2D eigenvalue weighted by molar-refractivity contribution is 5.91. The molecule has 0 radical (unpaired) electrons. The molecule has 0 aliphatic heterocycles. The van der Waals surface area contributed by atoms with Gasteiger partial charge in [0.1, 0.15) is 0 Å². The van der Waals surface area contributed by atoms with Gasteiger partial charge < -0.3 is 14.7 Å². The summed E-state index contributed by atoms with van der Waals surface area (Å²) < 4.78 is 5.80. The molecule has 2 aromatic carbocycles. The van der Waals surface area contributed by atoms with Crippen molar-refractivity contribution < 1.29 is 19.4 Å². The molecule has 5 nitrogen and oxygen atoms in total. The molecule has 0 saturated heterocycles. The zero-order valence-electron chi connectivity index (χ0n) is 29.1. The molecule has 0 bridgehead atoms. The van der Waals surface area contributed by atoms with Crippen molar-refractivity contribution in [3.63, 3.8) is 0 Å². The van der Waals surface area contributed by atoms with Gasteiger partial charge in [-0.3, -0.25) is 4.79 Å². The summed E-state index contributed by atoms with van der Waals surface area (Å²) in [5.41, 5.74) is 3.16. The highest BCUT2D eigenvalue weighted by Crippen LogP contribution is 2.63. The van der Waals surface area contributed by atoms with Gasteiger partial charge in [0.15, 0.2) is 11.5 Å². The number of phenolic OH excluding ortho intramolecular Hbond substituents is 1. The Hall–Kier alpha value is -2.82. The van der Waals surface area contributed by atoms with Gasteiger partial charge in [0.05, 0.1) is 5.56 Å². The van der Waals surface area contributed by atoms with Crippen LogP contribution in [0.5, 0.6) is 11.5 Å². The molecule has 6 atom stereocenters. The third kappa shape index (κ3) is 7.66. The first kappa shape index (κ1) is 34.5. The third-order valence-electron chi connectivity index (χ3n) is 12.1. The van der Waals surface area contributed by atoms with Crippen molar-refractivity contribution in [3.8, 4) is 11.5 Å². The van der Waals surface area contributed by atoms with E-state index in [1.807, 2.05) is 42.3 Å². The average molecular weight is 630 g/mol. The molecule has 0 heterocycles. The summed E-state index contributed by atoms with van der Waals surface area (Å²) in [4.78, 5) is 29.5. The molecule has 1 amide bonds. The number of unbranched alkanes of at least 4 members (excludes halogenated alkanes) is 7. The van der Waals surface area contributed by atoms with E-state index in [1.165, 1.54) is 69.8 Å². The minimum atomic E-state index is -0.468. The van der Waals surface area contributed by atoms with Gasteiger partial charge in [-0.25, -0.2) is 4.79 Å². The number of benzene rings is 2. The van der Waals surface area contributed by atoms with E-state index in [9.17, 15) is 14.7 Å². The average Bonchev–Trinajstić information content (AvgIpc) is 3.47. The summed E-state index contributed by atoms with van der Waals surface area (Å²) in [7, 11) is 2.02. The second kappa shape index (κ2) is 15.8. The number of ether oxygens (including phenoxy) is 1. The van der Waals surface area contributed by atoms with Gasteiger partial charge in [-0.2, -0.15) is 0 Å². The standard InChI is InChI=1S/C41H59NO4/c1-5-7-9-10-11-12-16-20-32(39(44)42(4)25-8-6-2)34-26-30-27-37(46-40(45)29-18-14-13-15-19-29)36(43)28-33(30)31-22-24-41(3)23-17-21-35(41)38(31)34/h13-15,18-19,27-28,31-32,34-35,38,43H,5-12,16-17,20-26H2,1-4H3/t31?,32?,34-,35?,38?,41+/m1/s1. The van der Waals surface area contributed by atoms with Crippen molar-refractivity contribution in [2.24, 2.45) is 29.1 Å². The predicted octanol–water partition coefficient (Wildman–Crippen LogP) is 10.1. The summed E-state index contributed by atoms with van der Waals surface area (Å²) in [6.45, 7) is 7.78. The van der Waals surface area contributed by atoms with E-state index >= 15 is 0 Å². The van der Waals surface area contributed by atoms with Crippen LogP contribution < -0.4 is 4.74 Å². The number of esters is 1. The maximum atomic E-state index is 14.5. The highest BCUT2D eigenvalue weighted by atomic mass is 16.5. The number of aromatic hydroxyl groups is 1. The number of amides is 1. The molecule has 46 heavy (non-hydrogen) atoms. The minimum absolute atomic E-state index is 0.00906. The Bertz CT molecular complexity index is 1310. The van der Waals surface area contributed by atoms with Gasteiger partial charge in [-0.15, -0.1) is 0 Å². The quantitative estimate of drug-likeness (QED) is 0.121. The molecule has 5 rings (SSSR count). The summed E-state index contributed by atoms with van der Waals surface area (Å²) >= 11 is 0. The second-order valence-electron chi connectivity index (χ2n) is 15.1. The molecule has 1 N–H and O–H groups in total. The third-order valence-corrected chi connectivity index (χ3v) is 12.1. The van der Waals surface area contributed by atoms with E-state index in [1.54, 1.807) is 12.1 Å². The Morgan fingerprint density at radius 1 is 0.957 bits per heavy atom. The van der Waals surface area contributed by atoms with Crippen LogP contribution in [0.1, 0.15) is 144 Å². The van der Waals surface area contributed by atoms with E-state index in [0.717, 1.165) is 50.6 Å². The maximum Gasteiger partial charge on any atom is 0.343 e. The van der Waals surface area contributed by atoms with Gasteiger partial charge >= 0.3 is 5.97 Å². The van der Waals surface area contributed by atoms with Crippen LogP contribution in [0.15, 0.2) is 42.5 Å². The smallest absolute Gasteiger partial charge is 0.343 e. The Kier molecular flexibility index (Phi) is 11.9. The number of fused-ring (bicyclic) bond motifs is 5. The molecule has 5 heteroatoms. The summed E-state index contributed by atoms with van der Waals surface area (Å²) in [6, 6.07) is 12.8. The molecule has 252 valence electrons. The maximum absolute atomic E-state index is 14.5. The largest absolute Gasteiger partial charge is 0.504 e. The number of nitrogens with zero attached hydrogens (tertiary/aromatic N) is 1. The van der Waals surface area contributed by atoms with Gasteiger partial charge in [0.25, 0.3) is 0 Å². The first-order valence-electron chi connectivity index (χ1n) is 18.6. The summed E-state index contributed by atoms with van der Waals surface area (Å²) in [5.74, 6) is 1.72. The van der Waals surface area contributed by atoms with Crippen molar-refractivity contribution >= 4 is 11.9 Å². The molecule has 0 spiro atoms. The van der Waals surface area contributed by atoms with E-state index in [-0.39, 0.29) is 23.3 Å². The number of carbonyl (C=O) groups excluding carboxylic acids is 2. The van der Waals surface area contributed by atoms with Crippen LogP contribution >= 0.6 is 0 Å². The van der Waals surface area contributed by atoms with Crippen molar-refractivity contribution in [2.45, 2.75) is 129 Å². The fourth-order valence-electron chi connectivity index (χ4n) is 9.54. The highest BCUT2D eigenvalue weighted by Gasteiger charge is 2.55. The van der Waals surface area contributed by atoms with Crippen LogP contribution in [0.2, 0.25) is 0 Å². The van der Waals surface area contributed by atoms with Gasteiger partial charge in [-0.05, 0) is 109 Å². The fraction of sp³-hybridized carbons (Fsp3) is 0.659. The number of rotatable bonds is 15. The lowest BCUT2D eigenvalue weighted by Crippen LogP contribution is -2.49. The normalized spacial score (nSPS) is 25.7. The van der Waals surface area contributed by atoms with Crippen molar-refractivity contribution in [1.82, 2.24) is 4.90 Å². The first-order valence-corrected chi connectivity index (χ1v) is 18.6. The summed E-state index contributed by atoms with van der Waals surface area (Å²) in [5, 5.41) is 11.2. The number of carbonyl (C=O) groups is 2. The van der Waals surface area contributed by atoms with Crippen LogP contribution in [-0.2, 0) is 11.2 Å². The Labute approximate surface area is 278 Å². The predicted molar refractivity (Wildman–Crippen MR) is 186 cm³/mol. The molecule has 4 unspecified atom stereocenters. The SMILES string of the molecule is CCCCCCCCCC(C(=O)N(C)CCCC)[C@H]1Cc2cc(OC(=O)c3ccccc3)c(O)cc2C2CC[C@]3(C)CCCC3C21. The van der Waals surface area contributed by atoms with Crippen molar-refractivity contribution in [3.05, 3.63) is 59.2 Å². The lowest BCUT2D eigenvalue weighted by Gasteiger charge is -2.54. The van der Waals surface area contributed by atoms with Gasteiger partial charge in [0, 0.05) is 19.5 Å². The van der Waals surface area contributed by atoms with Gasteiger partial charge in [-0.1, -0.05) is 96.8 Å². The lowest BCUT2D eigenvalue weighted by molar-refractivity contribution is -0.139. The summed E-state index contributed by atoms with van der Waals surface area (Å²) in [6.07, 6.45) is 18.7. The van der Waals surface area contributed by atoms with E-state index in [4.69, 9.17) is 4.74 Å². The molecular formula is C41H59NO4. The van der Waals surface area contributed by atoms with Crippen LogP contribution in [0.25, 0.3) is 0 Å². The van der Waals surface area contributed by atoms with E-state index < -0.39 is 5.97 Å². The van der Waals surface area contributed by atoms with Crippen molar-refractivity contribution in [1.29, 1.82) is 0 Å². The molecule has 2 aromatic rings. The minimum Gasteiger partial charge on any atom is -0.504 e. The van der Waals surface area contributed by atoms with Crippen LogP contribution in [0, 0.1) is 29.1 Å². The number of hydrogen-bond donors (Lipinski definition) is 1. The lowest BCUT2D eigenvalue weighted by atomic mass is 9.51. The Balaban J connectivity index is 1.47.